The van der Waals surface area contributed by atoms with Crippen LogP contribution in [-0.2, 0) is 15.7 Å². The van der Waals surface area contributed by atoms with E-state index in [4.69, 9.17) is 33.0 Å². The number of pyridine rings is 1. The lowest BCUT2D eigenvalue weighted by Gasteiger charge is -2.10. The third kappa shape index (κ3) is 5.65. The Morgan fingerprint density at radius 3 is 2.64 bits per heavy atom. The van der Waals surface area contributed by atoms with E-state index in [9.17, 15) is 19.6 Å². The predicted molar refractivity (Wildman–Crippen MR) is 101 cm³/mol. The minimum atomic E-state index is -4.75. The van der Waals surface area contributed by atoms with Crippen LogP contribution in [0.25, 0.3) is 0 Å². The summed E-state index contributed by atoms with van der Waals surface area (Å²) >= 11 is 11.5. The highest BCUT2D eigenvalue weighted by atomic mass is 35.5. The molecular formula is C15H14Cl2N3O7P. The summed E-state index contributed by atoms with van der Waals surface area (Å²) in [6.45, 7) is 0.927. The molecule has 0 aliphatic rings. The first-order valence-corrected chi connectivity index (χ1v) is 9.67. The lowest BCUT2D eigenvalue weighted by molar-refractivity contribution is 0.0952. The van der Waals surface area contributed by atoms with Crippen molar-refractivity contribution in [3.05, 3.63) is 50.8 Å². The van der Waals surface area contributed by atoms with Gasteiger partial charge in [0.25, 0.3) is 5.91 Å². The Balaban J connectivity index is 2.25. The topological polar surface area (TPSA) is 162 Å². The summed E-state index contributed by atoms with van der Waals surface area (Å²) < 4.78 is 15.3. The summed E-state index contributed by atoms with van der Waals surface area (Å²) in [7, 11) is -4.75. The molecule has 1 aromatic carbocycles. The van der Waals surface area contributed by atoms with Gasteiger partial charge in [0.05, 0.1) is 29.1 Å². The van der Waals surface area contributed by atoms with Crippen LogP contribution >= 0.6 is 31.0 Å². The van der Waals surface area contributed by atoms with E-state index >= 15 is 0 Å². The molecule has 0 aliphatic carbocycles. The number of phenols is 1. The molecule has 0 saturated heterocycles. The third-order valence-electron chi connectivity index (χ3n) is 3.38. The fraction of sp³-hybridized carbons (Fsp3) is 0.133. The quantitative estimate of drug-likeness (QED) is 0.255. The second-order valence-corrected chi connectivity index (χ2v) is 7.46. The highest BCUT2D eigenvalue weighted by Crippen LogP contribution is 2.37. The molecule has 0 radical (unpaired) electrons. The molecular weight excluding hydrogens is 436 g/mol. The zero-order valence-electron chi connectivity index (χ0n) is 14.1. The summed E-state index contributed by atoms with van der Waals surface area (Å²) in [5, 5.41) is 23.6. The van der Waals surface area contributed by atoms with Crippen molar-refractivity contribution in [1.29, 1.82) is 0 Å². The van der Waals surface area contributed by atoms with Crippen LogP contribution in [0.15, 0.2) is 23.4 Å². The number of aromatic nitrogens is 1. The van der Waals surface area contributed by atoms with Crippen molar-refractivity contribution < 1.29 is 33.9 Å². The summed E-state index contributed by atoms with van der Waals surface area (Å²) in [5.74, 6) is -1.65. The number of benzene rings is 1. The molecule has 0 fully saturated rings. The van der Waals surface area contributed by atoms with Gasteiger partial charge in [0, 0.05) is 22.3 Å². The van der Waals surface area contributed by atoms with E-state index in [0.29, 0.717) is 0 Å². The molecule has 0 atom stereocenters. The van der Waals surface area contributed by atoms with Crippen LogP contribution in [0.2, 0.25) is 10.0 Å². The maximum Gasteiger partial charge on any atom is 0.469 e. The number of nitrogens with one attached hydrogen (secondary N) is 1. The number of hydrogen-bond donors (Lipinski definition) is 5. The molecule has 2 aromatic rings. The maximum atomic E-state index is 12.1. The molecule has 0 spiro atoms. The smallest absolute Gasteiger partial charge is 0.469 e. The van der Waals surface area contributed by atoms with Gasteiger partial charge in [-0.25, -0.2) is 9.99 Å². The molecule has 1 amide bonds. The van der Waals surface area contributed by atoms with Crippen LogP contribution in [0.5, 0.6) is 11.5 Å². The molecule has 0 saturated carbocycles. The van der Waals surface area contributed by atoms with Gasteiger partial charge >= 0.3 is 7.82 Å². The number of hydrogen-bond acceptors (Lipinski definition) is 7. The van der Waals surface area contributed by atoms with Gasteiger partial charge in [0.2, 0.25) is 0 Å². The Hall–Kier alpha value is -2.20. The first-order chi connectivity index (χ1) is 13.0. The zero-order chi connectivity index (χ0) is 21.1. The molecule has 28 heavy (non-hydrogen) atoms. The Bertz CT molecular complexity index is 994. The average Bonchev–Trinajstić information content (AvgIpc) is 2.59. The number of nitrogens with zero attached hydrogens (tertiary/aromatic N) is 2. The van der Waals surface area contributed by atoms with Crippen molar-refractivity contribution in [3.8, 4) is 11.5 Å². The monoisotopic (exact) mass is 449 g/mol. The Morgan fingerprint density at radius 2 is 2.00 bits per heavy atom. The van der Waals surface area contributed by atoms with Gasteiger partial charge < -0.3 is 20.0 Å². The second kappa shape index (κ2) is 8.87. The number of aromatic hydroxyl groups is 2. The summed E-state index contributed by atoms with van der Waals surface area (Å²) in [6.07, 6.45) is 2.26. The molecule has 0 unspecified atom stereocenters. The summed E-state index contributed by atoms with van der Waals surface area (Å²) in [4.78, 5) is 33.6. The van der Waals surface area contributed by atoms with Gasteiger partial charge in [-0.3, -0.25) is 14.3 Å². The van der Waals surface area contributed by atoms with Crippen LogP contribution in [0.4, 0.5) is 0 Å². The number of aryl methyl sites for hydroxylation is 1. The normalized spacial score (nSPS) is 11.8. The van der Waals surface area contributed by atoms with Crippen molar-refractivity contribution in [1.82, 2.24) is 10.4 Å². The standard InChI is InChI=1S/C15H14Cl2N3O7P/c1-7-13(21)11(8(4-18-7)6-27-28(24,25)26)5-19-20-15(23)10-2-9(16)3-12(17)14(10)22/h2-5,21-22H,6H2,1H3,(H,20,23)(H2,24,25,26)/b19-5+. The van der Waals surface area contributed by atoms with E-state index in [0.717, 1.165) is 6.21 Å². The molecule has 0 bridgehead atoms. The number of phosphoric ester groups is 1. The number of amides is 1. The van der Waals surface area contributed by atoms with E-state index < -0.39 is 26.1 Å². The summed E-state index contributed by atoms with van der Waals surface area (Å²) in [5.41, 5.74) is 2.24. The van der Waals surface area contributed by atoms with E-state index in [1.54, 1.807) is 0 Å². The molecule has 13 heteroatoms. The van der Waals surface area contributed by atoms with Crippen molar-refractivity contribution in [3.63, 3.8) is 0 Å². The highest BCUT2D eigenvalue weighted by Gasteiger charge is 2.18. The van der Waals surface area contributed by atoms with E-state index in [1.807, 2.05) is 0 Å². The number of phenolic OH excluding ortho intramolecular Hbond substituents is 1. The lowest BCUT2D eigenvalue weighted by atomic mass is 10.1. The number of hydrazone groups is 1. The first-order valence-electron chi connectivity index (χ1n) is 7.38. The second-order valence-electron chi connectivity index (χ2n) is 5.38. The van der Waals surface area contributed by atoms with Crippen molar-refractivity contribution in [2.24, 2.45) is 5.10 Å². The van der Waals surface area contributed by atoms with Crippen LogP contribution in [0, 0.1) is 6.92 Å². The molecule has 2 rings (SSSR count). The zero-order valence-corrected chi connectivity index (χ0v) is 16.5. The van der Waals surface area contributed by atoms with E-state index in [2.05, 4.69) is 20.0 Å². The van der Waals surface area contributed by atoms with Crippen LogP contribution in [0.3, 0.4) is 0 Å². The first kappa shape index (κ1) is 22.1. The van der Waals surface area contributed by atoms with Crippen molar-refractivity contribution in [2.75, 3.05) is 0 Å². The fourth-order valence-corrected chi connectivity index (χ4v) is 2.82. The summed E-state index contributed by atoms with van der Waals surface area (Å²) in [6, 6.07) is 2.44. The number of carbonyl (C=O) groups is 1. The SMILES string of the molecule is Cc1ncc(COP(=O)(O)O)c(/C=N/NC(=O)c2cc(Cl)cc(Cl)c2O)c1O. The molecule has 1 heterocycles. The van der Waals surface area contributed by atoms with Crippen molar-refractivity contribution in [2.45, 2.75) is 13.5 Å². The van der Waals surface area contributed by atoms with E-state index in [1.165, 1.54) is 25.3 Å². The van der Waals surface area contributed by atoms with Gasteiger partial charge in [0.15, 0.2) is 0 Å². The molecule has 1 aromatic heterocycles. The van der Waals surface area contributed by atoms with Gasteiger partial charge in [0.1, 0.15) is 11.5 Å². The Morgan fingerprint density at radius 1 is 1.32 bits per heavy atom. The van der Waals surface area contributed by atoms with Crippen LogP contribution < -0.4 is 5.43 Å². The number of halogens is 2. The third-order valence-corrected chi connectivity index (χ3v) is 4.35. The van der Waals surface area contributed by atoms with Gasteiger partial charge in [-0.1, -0.05) is 23.2 Å². The molecule has 5 N–H and O–H groups in total. The van der Waals surface area contributed by atoms with Gasteiger partial charge in [-0.05, 0) is 19.1 Å². The minimum absolute atomic E-state index is 0.0228. The van der Waals surface area contributed by atoms with Gasteiger partial charge in [-0.2, -0.15) is 5.10 Å². The average molecular weight is 450 g/mol. The maximum absolute atomic E-state index is 12.1. The molecule has 10 nitrogen and oxygen atoms in total. The van der Waals surface area contributed by atoms with Gasteiger partial charge in [-0.15, -0.1) is 0 Å². The number of phosphoric acid groups is 1. The predicted octanol–water partition coefficient (Wildman–Crippen LogP) is 2.48. The highest BCUT2D eigenvalue weighted by molar-refractivity contribution is 7.46. The lowest BCUT2D eigenvalue weighted by Crippen LogP contribution is -2.18. The minimum Gasteiger partial charge on any atom is -0.506 e. The van der Waals surface area contributed by atoms with Crippen LogP contribution in [-0.4, -0.2) is 37.1 Å². The van der Waals surface area contributed by atoms with E-state index in [-0.39, 0.29) is 38.2 Å². The largest absolute Gasteiger partial charge is 0.506 e. The fourth-order valence-electron chi connectivity index (χ4n) is 2.02. The molecule has 0 aliphatic heterocycles. The number of carbonyl (C=O) groups excluding carboxylic acids is 1. The molecule has 150 valence electrons. The van der Waals surface area contributed by atoms with Crippen LogP contribution in [0.1, 0.15) is 27.2 Å². The number of rotatable bonds is 6. The van der Waals surface area contributed by atoms with Crippen molar-refractivity contribution >= 4 is 43.1 Å². The Labute approximate surface area is 168 Å². The Kier molecular flexibility index (Phi) is 7.00.